The molecule has 0 aromatic rings. The van der Waals surface area contributed by atoms with Gasteiger partial charge in [-0.15, -0.1) is 0 Å². The van der Waals surface area contributed by atoms with Crippen molar-refractivity contribution in [2.45, 2.75) is 133 Å². The standard InChI is InChI=1S/C17H26F3NO4S.C13H18F6O/c1-4-14(2,3)13(22)25-16-8-11-5-12(9-16)7-15(6-11,10-16)21-26(23,24)17(18,19)20;1-6-7(2)10-4-8(6)3-9(10)5-11(20,12(14,15)16)13(17,18)19/h11-12,21H,4-10H2,1-3H3;6-10,20H,3-5H2,1-2H3. The Morgan fingerprint density at radius 2 is 1.39 bits per heavy atom. The van der Waals surface area contributed by atoms with Crippen molar-refractivity contribution in [3.8, 4) is 0 Å². The fraction of sp³-hybridized carbons (Fsp3) is 0.967. The first-order valence-electron chi connectivity index (χ1n) is 15.8. The van der Waals surface area contributed by atoms with Crippen LogP contribution >= 0.6 is 0 Å². The summed E-state index contributed by atoms with van der Waals surface area (Å²) >= 11 is 0. The third-order valence-corrected chi connectivity index (χ3v) is 13.2. The highest BCUT2D eigenvalue weighted by Crippen LogP contribution is 2.61. The topological polar surface area (TPSA) is 92.7 Å². The van der Waals surface area contributed by atoms with Crippen molar-refractivity contribution in [2.75, 3.05) is 0 Å². The lowest BCUT2D eigenvalue weighted by Gasteiger charge is -2.61. The van der Waals surface area contributed by atoms with Crippen molar-refractivity contribution < 1.29 is 62.6 Å². The van der Waals surface area contributed by atoms with Gasteiger partial charge in [0.05, 0.1) is 5.41 Å². The first-order chi connectivity index (χ1) is 20.6. The van der Waals surface area contributed by atoms with Gasteiger partial charge < -0.3 is 9.84 Å². The summed E-state index contributed by atoms with van der Waals surface area (Å²) in [5, 5.41) is 9.28. The van der Waals surface area contributed by atoms with E-state index in [2.05, 4.69) is 0 Å². The molecular weight excluding hydrogens is 657 g/mol. The Labute approximate surface area is 263 Å². The fourth-order valence-electron chi connectivity index (χ4n) is 9.34. The Bertz CT molecular complexity index is 1230. The van der Waals surface area contributed by atoms with Gasteiger partial charge in [-0.25, -0.2) is 13.1 Å². The number of halogens is 9. The van der Waals surface area contributed by atoms with E-state index in [0.29, 0.717) is 50.9 Å². The minimum absolute atomic E-state index is 0.0738. The molecule has 6 aliphatic rings. The lowest BCUT2D eigenvalue weighted by molar-refractivity contribution is -0.373. The molecule has 0 spiro atoms. The van der Waals surface area contributed by atoms with E-state index in [1.54, 1.807) is 13.8 Å². The van der Waals surface area contributed by atoms with Crippen LogP contribution in [0.4, 0.5) is 39.5 Å². The van der Waals surface area contributed by atoms with Crippen molar-refractivity contribution in [2.24, 2.45) is 46.8 Å². The first kappa shape index (κ1) is 37.5. The second kappa shape index (κ2) is 11.7. The van der Waals surface area contributed by atoms with Crippen LogP contribution in [0.25, 0.3) is 0 Å². The predicted molar refractivity (Wildman–Crippen MR) is 148 cm³/mol. The highest BCUT2D eigenvalue weighted by atomic mass is 32.2. The number of fused-ring (bicyclic) bond motifs is 2. The molecule has 6 nitrogen and oxygen atoms in total. The third kappa shape index (κ3) is 6.78. The summed E-state index contributed by atoms with van der Waals surface area (Å²) in [5.41, 5.74) is -12.6. The van der Waals surface area contributed by atoms with Crippen LogP contribution in [0.2, 0.25) is 0 Å². The Morgan fingerprint density at radius 3 is 1.80 bits per heavy atom. The zero-order valence-corrected chi connectivity index (χ0v) is 27.3. The van der Waals surface area contributed by atoms with Crippen LogP contribution in [-0.4, -0.2) is 54.1 Å². The Hall–Kier alpha value is -1.29. The number of aliphatic hydroxyl groups is 1. The number of rotatable bonds is 7. The fourth-order valence-corrected chi connectivity index (χ4v) is 10.3. The molecule has 0 heterocycles. The van der Waals surface area contributed by atoms with Crippen LogP contribution < -0.4 is 4.72 Å². The summed E-state index contributed by atoms with van der Waals surface area (Å²) in [6.45, 7) is 9.29. The van der Waals surface area contributed by atoms with E-state index < -0.39 is 62.4 Å². The van der Waals surface area contributed by atoms with Gasteiger partial charge in [-0.1, -0.05) is 20.8 Å². The molecular formula is C30H44F9NO5S. The zero-order chi connectivity index (χ0) is 35.1. The predicted octanol–water partition coefficient (Wildman–Crippen LogP) is 7.66. The molecule has 6 rings (SSSR count). The van der Waals surface area contributed by atoms with Crippen molar-refractivity contribution >= 4 is 16.0 Å². The molecule has 0 aromatic heterocycles. The normalized spacial score (nSPS) is 37.7. The van der Waals surface area contributed by atoms with Gasteiger partial charge in [0.25, 0.3) is 5.60 Å². The second-order valence-corrected chi connectivity index (χ2v) is 17.2. The number of carbonyl (C=O) groups excluding carboxylic acids is 1. The average molecular weight is 702 g/mol. The molecule has 6 saturated carbocycles. The number of hydrogen-bond acceptors (Lipinski definition) is 5. The number of sulfonamides is 1. The SMILES string of the molecule is CC1C2CC(CC(O)(C(F)(F)F)C(F)(F)F)C(C2)C1C.CCC(C)(C)C(=O)OC12CC3CC(CC(NS(=O)(=O)C(F)(F)F)(C3)C1)C2. The Morgan fingerprint density at radius 1 is 0.870 bits per heavy atom. The molecule has 0 saturated heterocycles. The maximum atomic E-state index is 12.9. The summed E-state index contributed by atoms with van der Waals surface area (Å²) < 4.78 is 146. The molecule has 46 heavy (non-hydrogen) atoms. The third-order valence-electron chi connectivity index (χ3n) is 11.9. The molecule has 7 atom stereocenters. The van der Waals surface area contributed by atoms with Gasteiger partial charge in [-0.05, 0) is 113 Å². The number of esters is 1. The lowest BCUT2D eigenvalue weighted by atomic mass is 9.51. The minimum atomic E-state index is -5.69. The molecule has 2 N–H and O–H groups in total. The van der Waals surface area contributed by atoms with Crippen molar-refractivity contribution in [3.05, 3.63) is 0 Å². The van der Waals surface area contributed by atoms with Gasteiger partial charge in [0.2, 0.25) is 0 Å². The molecule has 6 aliphatic carbocycles. The van der Waals surface area contributed by atoms with E-state index in [-0.39, 0.29) is 42.0 Å². The van der Waals surface area contributed by atoms with Crippen LogP contribution in [-0.2, 0) is 19.6 Å². The van der Waals surface area contributed by atoms with Crippen LogP contribution in [0.1, 0.15) is 98.8 Å². The maximum absolute atomic E-state index is 12.9. The van der Waals surface area contributed by atoms with Crippen LogP contribution in [0, 0.1) is 46.8 Å². The van der Waals surface area contributed by atoms with Crippen molar-refractivity contribution in [1.82, 2.24) is 4.72 Å². The Kier molecular flexibility index (Phi) is 9.51. The van der Waals surface area contributed by atoms with Gasteiger partial charge in [0.1, 0.15) is 5.60 Å². The maximum Gasteiger partial charge on any atom is 0.511 e. The van der Waals surface area contributed by atoms with Crippen LogP contribution in [0.5, 0.6) is 0 Å². The van der Waals surface area contributed by atoms with E-state index in [1.165, 1.54) is 0 Å². The van der Waals surface area contributed by atoms with E-state index in [1.807, 2.05) is 25.5 Å². The molecule has 6 fully saturated rings. The Balaban J connectivity index is 0.000000216. The number of hydrogen-bond donors (Lipinski definition) is 2. The van der Waals surface area contributed by atoms with Gasteiger partial charge >= 0.3 is 33.9 Å². The zero-order valence-electron chi connectivity index (χ0n) is 26.5. The molecule has 268 valence electrons. The van der Waals surface area contributed by atoms with E-state index >= 15 is 0 Å². The average Bonchev–Trinajstić information content (AvgIpc) is 3.38. The van der Waals surface area contributed by atoms with E-state index in [4.69, 9.17) is 4.74 Å². The highest BCUT2D eigenvalue weighted by molar-refractivity contribution is 7.90. The second-order valence-electron chi connectivity index (χ2n) is 15.5. The number of nitrogens with one attached hydrogen (secondary N) is 1. The first-order valence-corrected chi connectivity index (χ1v) is 17.3. The number of carbonyl (C=O) groups is 1. The smallest absolute Gasteiger partial charge is 0.459 e. The molecule has 0 aliphatic heterocycles. The van der Waals surface area contributed by atoms with E-state index in [9.17, 15) is 57.8 Å². The van der Waals surface area contributed by atoms with Crippen molar-refractivity contribution in [1.29, 1.82) is 0 Å². The molecule has 16 heteroatoms. The number of alkyl halides is 9. The highest BCUT2D eigenvalue weighted by Gasteiger charge is 2.71. The van der Waals surface area contributed by atoms with Gasteiger partial charge in [0.15, 0.2) is 0 Å². The van der Waals surface area contributed by atoms with Crippen molar-refractivity contribution in [3.63, 3.8) is 0 Å². The monoisotopic (exact) mass is 701 g/mol. The number of ether oxygens (including phenoxy) is 1. The summed E-state index contributed by atoms with van der Waals surface area (Å²) in [5.74, 6) is -0.438. The summed E-state index contributed by atoms with van der Waals surface area (Å²) in [6, 6.07) is 0. The molecule has 6 bridgehead atoms. The quantitative estimate of drug-likeness (QED) is 0.210. The van der Waals surface area contributed by atoms with Gasteiger partial charge in [0, 0.05) is 12.0 Å². The molecule has 7 unspecified atom stereocenters. The molecule has 0 radical (unpaired) electrons. The largest absolute Gasteiger partial charge is 0.511 e. The van der Waals surface area contributed by atoms with Crippen LogP contribution in [0.3, 0.4) is 0 Å². The van der Waals surface area contributed by atoms with Crippen LogP contribution in [0.15, 0.2) is 0 Å². The summed E-state index contributed by atoms with van der Waals surface area (Å²) in [7, 11) is -5.44. The van der Waals surface area contributed by atoms with Gasteiger partial charge in [-0.3, -0.25) is 4.79 Å². The van der Waals surface area contributed by atoms with E-state index in [0.717, 1.165) is 6.42 Å². The lowest BCUT2D eigenvalue weighted by Crippen LogP contribution is -2.67. The molecule has 0 amide bonds. The minimum Gasteiger partial charge on any atom is -0.459 e. The van der Waals surface area contributed by atoms with Gasteiger partial charge in [-0.2, -0.15) is 39.5 Å². The summed E-state index contributed by atoms with van der Waals surface area (Å²) in [4.78, 5) is 12.6. The summed E-state index contributed by atoms with van der Waals surface area (Å²) in [6.07, 6.45) is -8.12. The molecule has 0 aromatic carbocycles.